The molecule has 0 aliphatic heterocycles. The van der Waals surface area contributed by atoms with Gasteiger partial charge in [0, 0.05) is 43.3 Å². The van der Waals surface area contributed by atoms with Gasteiger partial charge in [-0.05, 0) is 65.4 Å². The van der Waals surface area contributed by atoms with Gasteiger partial charge < -0.3 is 14.5 Å². The number of hydrogen-bond acceptors (Lipinski definition) is 6. The summed E-state index contributed by atoms with van der Waals surface area (Å²) in [6.45, 7) is 2.88. The minimum atomic E-state index is -0.494. The number of benzene rings is 2. The monoisotopic (exact) mass is 525 g/mol. The van der Waals surface area contributed by atoms with Gasteiger partial charge in [0.15, 0.2) is 0 Å². The lowest BCUT2D eigenvalue weighted by atomic mass is 10.2. The molecule has 0 aliphatic rings. The van der Waals surface area contributed by atoms with Gasteiger partial charge in [-0.3, -0.25) is 19.7 Å². The van der Waals surface area contributed by atoms with Gasteiger partial charge in [-0.25, -0.2) is 4.39 Å². The summed E-state index contributed by atoms with van der Waals surface area (Å²) in [6.07, 6.45) is 2.87. The quantitative estimate of drug-likeness (QED) is 0.192. The minimum Gasteiger partial charge on any atom is -0.383 e. The molecule has 2 amide bonds. The van der Waals surface area contributed by atoms with E-state index in [0.717, 1.165) is 16.0 Å². The van der Waals surface area contributed by atoms with E-state index in [1.54, 1.807) is 46.6 Å². The molecule has 1 aromatic heterocycles. The van der Waals surface area contributed by atoms with Crippen molar-refractivity contribution < 1.29 is 23.6 Å². The topological polar surface area (TPSA) is 93.0 Å². The fourth-order valence-electron chi connectivity index (χ4n) is 3.49. The highest BCUT2D eigenvalue weighted by Crippen LogP contribution is 2.20. The number of carbonyl (C=O) groups excluding carboxylic acids is 2. The molecule has 0 atom stereocenters. The summed E-state index contributed by atoms with van der Waals surface area (Å²) >= 11 is 1.55. The largest absolute Gasteiger partial charge is 0.383 e. The first kappa shape index (κ1) is 27.7. The van der Waals surface area contributed by atoms with E-state index in [-0.39, 0.29) is 43.7 Å². The van der Waals surface area contributed by atoms with Crippen molar-refractivity contribution in [3.63, 3.8) is 0 Å². The van der Waals surface area contributed by atoms with Crippen LogP contribution in [0.15, 0.2) is 66.1 Å². The molecule has 0 spiro atoms. The van der Waals surface area contributed by atoms with Gasteiger partial charge in [0.2, 0.25) is 11.8 Å². The number of amides is 2. The predicted octanol–water partition coefficient (Wildman–Crippen LogP) is 4.82. The zero-order valence-electron chi connectivity index (χ0n) is 20.6. The lowest BCUT2D eigenvalue weighted by Gasteiger charge is -2.27. The van der Waals surface area contributed by atoms with Gasteiger partial charge in [-0.2, -0.15) is 0 Å². The van der Waals surface area contributed by atoms with Crippen molar-refractivity contribution in [2.24, 2.45) is 0 Å². The first-order valence-corrected chi connectivity index (χ1v) is 12.4. The molecule has 0 N–H and O–H groups in total. The van der Waals surface area contributed by atoms with Crippen molar-refractivity contribution in [1.82, 2.24) is 9.80 Å². The number of non-ortho nitro benzene ring substituents is 1. The van der Waals surface area contributed by atoms with Crippen molar-refractivity contribution >= 4 is 34.9 Å². The number of ether oxygens (including phenoxy) is 1. The first-order valence-electron chi connectivity index (χ1n) is 11.5. The molecule has 3 aromatic rings. The van der Waals surface area contributed by atoms with E-state index in [1.165, 1.54) is 42.4 Å². The van der Waals surface area contributed by atoms with Crippen LogP contribution in [0.2, 0.25) is 0 Å². The van der Waals surface area contributed by atoms with Crippen molar-refractivity contribution in [3.8, 4) is 0 Å². The summed E-state index contributed by atoms with van der Waals surface area (Å²) in [5.74, 6) is -1.00. The fourth-order valence-corrected chi connectivity index (χ4v) is 4.41. The first-order chi connectivity index (χ1) is 17.8. The van der Waals surface area contributed by atoms with E-state index in [0.29, 0.717) is 12.1 Å². The fraction of sp³-hybridized carbons (Fsp3) is 0.259. The van der Waals surface area contributed by atoms with Crippen LogP contribution in [0.1, 0.15) is 21.6 Å². The molecule has 0 aliphatic carbocycles. The number of rotatable bonds is 12. The van der Waals surface area contributed by atoms with Crippen LogP contribution in [0.3, 0.4) is 0 Å². The van der Waals surface area contributed by atoms with Gasteiger partial charge in [-0.1, -0.05) is 12.1 Å². The number of carbonyl (C=O) groups is 2. The molecule has 3 rings (SSSR count). The summed E-state index contributed by atoms with van der Waals surface area (Å²) in [5.41, 5.74) is 2.41. The predicted molar refractivity (Wildman–Crippen MR) is 140 cm³/mol. The Balaban J connectivity index is 1.76. The number of nitrogens with zero attached hydrogens (tertiary/aromatic N) is 3. The third-order valence-electron chi connectivity index (χ3n) is 5.67. The maximum atomic E-state index is 13.4. The van der Waals surface area contributed by atoms with E-state index < -0.39 is 10.8 Å². The number of nitro groups is 1. The lowest BCUT2D eigenvalue weighted by molar-refractivity contribution is -0.384. The molecule has 10 heteroatoms. The van der Waals surface area contributed by atoms with Crippen LogP contribution in [0.4, 0.5) is 10.1 Å². The molecule has 0 saturated heterocycles. The molecule has 0 bridgehead atoms. The SMILES string of the molecule is COCCN(CC(=O)N(Cc1ccc(F)cc1)Cc1sccc1C)C(=O)/C=C/c1ccc([N+](=O)[O-])cc1. The maximum absolute atomic E-state index is 13.4. The molecule has 194 valence electrons. The van der Waals surface area contributed by atoms with Crippen LogP contribution in [0.5, 0.6) is 0 Å². The van der Waals surface area contributed by atoms with Crippen molar-refractivity contribution in [1.29, 1.82) is 0 Å². The van der Waals surface area contributed by atoms with E-state index in [9.17, 15) is 24.1 Å². The lowest BCUT2D eigenvalue weighted by Crippen LogP contribution is -2.43. The number of hydrogen-bond donors (Lipinski definition) is 0. The number of aryl methyl sites for hydroxylation is 1. The Hall–Kier alpha value is -3.89. The molecule has 37 heavy (non-hydrogen) atoms. The van der Waals surface area contributed by atoms with E-state index >= 15 is 0 Å². The van der Waals surface area contributed by atoms with Crippen molar-refractivity contribution in [2.75, 3.05) is 26.8 Å². The third kappa shape index (κ3) is 8.33. The average Bonchev–Trinajstić information content (AvgIpc) is 3.30. The van der Waals surface area contributed by atoms with E-state index in [4.69, 9.17) is 4.74 Å². The Morgan fingerprint density at radius 2 is 1.76 bits per heavy atom. The third-order valence-corrected chi connectivity index (χ3v) is 6.68. The second-order valence-corrected chi connectivity index (χ2v) is 9.34. The second kappa shape index (κ2) is 13.4. The highest BCUT2D eigenvalue weighted by Gasteiger charge is 2.22. The van der Waals surface area contributed by atoms with Gasteiger partial charge in [0.25, 0.3) is 5.69 Å². The van der Waals surface area contributed by atoms with Crippen LogP contribution >= 0.6 is 11.3 Å². The minimum absolute atomic E-state index is 0.0435. The van der Waals surface area contributed by atoms with Gasteiger partial charge in [0.05, 0.1) is 18.1 Å². The highest BCUT2D eigenvalue weighted by atomic mass is 32.1. The Morgan fingerprint density at radius 3 is 2.35 bits per heavy atom. The van der Waals surface area contributed by atoms with Crippen LogP contribution in [-0.4, -0.2) is 53.3 Å². The molecular formula is C27H28FN3O5S. The van der Waals surface area contributed by atoms with Crippen LogP contribution in [-0.2, 0) is 27.4 Å². The summed E-state index contributed by atoms with van der Waals surface area (Å²) in [5, 5.41) is 12.8. The second-order valence-electron chi connectivity index (χ2n) is 8.34. The number of thiophene rings is 1. The van der Waals surface area contributed by atoms with Gasteiger partial charge in [-0.15, -0.1) is 11.3 Å². The zero-order chi connectivity index (χ0) is 26.8. The summed E-state index contributed by atoms with van der Waals surface area (Å²) in [4.78, 5) is 40.8. The van der Waals surface area contributed by atoms with Crippen molar-refractivity contribution in [3.05, 3.63) is 104 Å². The van der Waals surface area contributed by atoms with Gasteiger partial charge >= 0.3 is 0 Å². The Labute approximate surface area is 218 Å². The summed E-state index contributed by atoms with van der Waals surface area (Å²) < 4.78 is 18.5. The van der Waals surface area contributed by atoms with E-state index in [1.807, 2.05) is 18.4 Å². The highest BCUT2D eigenvalue weighted by molar-refractivity contribution is 7.10. The van der Waals surface area contributed by atoms with Crippen LogP contribution in [0, 0.1) is 22.9 Å². The van der Waals surface area contributed by atoms with Crippen LogP contribution in [0.25, 0.3) is 6.08 Å². The van der Waals surface area contributed by atoms with Crippen molar-refractivity contribution in [2.45, 2.75) is 20.0 Å². The molecular weight excluding hydrogens is 497 g/mol. The molecule has 8 nitrogen and oxygen atoms in total. The average molecular weight is 526 g/mol. The zero-order valence-corrected chi connectivity index (χ0v) is 21.4. The smallest absolute Gasteiger partial charge is 0.269 e. The Kier molecular flexibility index (Phi) is 10.0. The number of methoxy groups -OCH3 is 1. The molecule has 1 heterocycles. The normalized spacial score (nSPS) is 11.0. The standard InChI is InChI=1S/C27H28FN3O5S/c1-20-13-16-37-25(20)18-30(17-22-3-8-23(28)9-4-22)27(33)19-29(14-15-36-2)26(32)12-7-21-5-10-24(11-6-21)31(34)35/h3-13,16H,14-15,17-19H2,1-2H3/b12-7+. The summed E-state index contributed by atoms with van der Waals surface area (Å²) in [6, 6.07) is 13.8. The van der Waals surface area contributed by atoms with Gasteiger partial charge in [0.1, 0.15) is 12.4 Å². The molecule has 0 unspecified atom stereocenters. The van der Waals surface area contributed by atoms with E-state index in [2.05, 4.69) is 0 Å². The molecule has 0 fully saturated rings. The maximum Gasteiger partial charge on any atom is 0.269 e. The molecule has 2 aromatic carbocycles. The summed E-state index contributed by atoms with van der Waals surface area (Å²) in [7, 11) is 1.51. The Morgan fingerprint density at radius 1 is 1.05 bits per heavy atom. The van der Waals surface area contributed by atoms with Crippen LogP contribution < -0.4 is 0 Å². The number of halogens is 1. The molecule has 0 radical (unpaired) electrons. The Bertz CT molecular complexity index is 1240. The molecule has 0 saturated carbocycles. The number of nitro benzene ring substituents is 1.